The summed E-state index contributed by atoms with van der Waals surface area (Å²) in [5.41, 5.74) is 3.68. The van der Waals surface area contributed by atoms with E-state index in [9.17, 15) is 9.59 Å². The van der Waals surface area contributed by atoms with Crippen molar-refractivity contribution in [3.8, 4) is 17.0 Å². The van der Waals surface area contributed by atoms with Gasteiger partial charge in [-0.3, -0.25) is 9.36 Å². The minimum absolute atomic E-state index is 0.00941. The number of rotatable bonds is 5. The van der Waals surface area contributed by atoms with Gasteiger partial charge in [0.2, 0.25) is 0 Å². The van der Waals surface area contributed by atoms with Gasteiger partial charge in [0.1, 0.15) is 24.3 Å². The number of ether oxygens (including phenoxy) is 2. The van der Waals surface area contributed by atoms with E-state index in [2.05, 4.69) is 10.2 Å². The van der Waals surface area contributed by atoms with Crippen LogP contribution in [0.5, 0.6) is 5.75 Å². The van der Waals surface area contributed by atoms with Gasteiger partial charge in [0.05, 0.1) is 35.4 Å². The van der Waals surface area contributed by atoms with Crippen molar-refractivity contribution in [3.63, 3.8) is 0 Å². The maximum atomic E-state index is 13.7. The molecule has 10 heteroatoms. The summed E-state index contributed by atoms with van der Waals surface area (Å²) in [6.45, 7) is 5.08. The van der Waals surface area contributed by atoms with E-state index in [0.717, 1.165) is 16.7 Å². The number of carbonyl (C=O) groups excluding carboxylic acids is 1. The van der Waals surface area contributed by atoms with Gasteiger partial charge >= 0.3 is 6.09 Å². The van der Waals surface area contributed by atoms with E-state index in [4.69, 9.17) is 26.1 Å². The number of benzene rings is 2. The Kier molecular flexibility index (Phi) is 6.23. The molecule has 9 nitrogen and oxygen atoms in total. The number of fused-ring (bicyclic) bond motifs is 2. The highest BCUT2D eigenvalue weighted by Gasteiger charge is 2.39. The van der Waals surface area contributed by atoms with Crippen molar-refractivity contribution in [2.45, 2.75) is 45.4 Å². The highest BCUT2D eigenvalue weighted by molar-refractivity contribution is 6.30. The Labute approximate surface area is 224 Å². The maximum absolute atomic E-state index is 13.7. The van der Waals surface area contributed by atoms with Crippen LogP contribution < -0.4 is 10.3 Å². The number of aryl methyl sites for hydroxylation is 2. The number of aromatic nitrogens is 4. The Morgan fingerprint density at radius 3 is 2.74 bits per heavy atom. The zero-order chi connectivity index (χ0) is 26.4. The summed E-state index contributed by atoms with van der Waals surface area (Å²) in [5, 5.41) is 9.55. The first-order valence-electron chi connectivity index (χ1n) is 12.5. The number of nitrogens with zero attached hydrogens (tertiary/aromatic N) is 5. The van der Waals surface area contributed by atoms with Gasteiger partial charge in [-0.05, 0) is 55.3 Å². The predicted octanol–water partition coefficient (Wildman–Crippen LogP) is 4.53. The third-order valence-corrected chi connectivity index (χ3v) is 7.41. The quantitative estimate of drug-likeness (QED) is 0.373. The van der Waals surface area contributed by atoms with Crippen molar-refractivity contribution < 1.29 is 14.3 Å². The van der Waals surface area contributed by atoms with Crippen LogP contribution in [0, 0.1) is 13.8 Å². The summed E-state index contributed by atoms with van der Waals surface area (Å²) in [6.07, 6.45) is 2.59. The maximum Gasteiger partial charge on any atom is 0.410 e. The summed E-state index contributed by atoms with van der Waals surface area (Å²) < 4.78 is 13.4. The van der Waals surface area contributed by atoms with Gasteiger partial charge in [0, 0.05) is 30.0 Å². The lowest BCUT2D eigenvalue weighted by molar-refractivity contribution is 0.0940. The molecule has 0 spiro atoms. The largest absolute Gasteiger partial charge is 0.490 e. The van der Waals surface area contributed by atoms with Crippen LogP contribution >= 0.6 is 11.6 Å². The number of cyclic esters (lactones) is 1. The molecule has 4 aromatic rings. The van der Waals surface area contributed by atoms with Crippen molar-refractivity contribution in [2.24, 2.45) is 0 Å². The average molecular weight is 532 g/mol. The van der Waals surface area contributed by atoms with E-state index in [0.29, 0.717) is 65.7 Å². The second kappa shape index (κ2) is 9.72. The molecular formula is C28H26ClN5O4. The highest BCUT2D eigenvalue weighted by Crippen LogP contribution is 2.35. The predicted molar refractivity (Wildman–Crippen MR) is 143 cm³/mol. The molecule has 0 unspecified atom stereocenters. The minimum atomic E-state index is -0.266. The van der Waals surface area contributed by atoms with Crippen LogP contribution in [0.25, 0.3) is 22.2 Å². The Morgan fingerprint density at radius 2 is 1.95 bits per heavy atom. The third kappa shape index (κ3) is 4.58. The molecule has 194 valence electrons. The van der Waals surface area contributed by atoms with Crippen LogP contribution in [0.1, 0.15) is 29.8 Å². The van der Waals surface area contributed by atoms with Crippen LogP contribution in [-0.4, -0.2) is 56.0 Å². The van der Waals surface area contributed by atoms with Crippen LogP contribution in [0.15, 0.2) is 53.5 Å². The first-order valence-corrected chi connectivity index (χ1v) is 12.9. The number of amides is 1. The first kappa shape index (κ1) is 24.4. The fraction of sp³-hybridized carbons (Fsp3) is 0.321. The second-order valence-corrected chi connectivity index (χ2v) is 10.3. The molecule has 0 aliphatic carbocycles. The second-order valence-electron chi connectivity index (χ2n) is 9.85. The lowest BCUT2D eigenvalue weighted by atomic mass is 10.0. The van der Waals surface area contributed by atoms with Crippen molar-refractivity contribution in [1.29, 1.82) is 0 Å². The topological polar surface area (TPSA) is 99.4 Å². The summed E-state index contributed by atoms with van der Waals surface area (Å²) in [6, 6.07) is 13.0. The molecule has 0 saturated carbocycles. The highest BCUT2D eigenvalue weighted by atomic mass is 35.5. The van der Waals surface area contributed by atoms with Gasteiger partial charge in [-0.15, -0.1) is 0 Å². The lowest BCUT2D eigenvalue weighted by Crippen LogP contribution is -2.44. The van der Waals surface area contributed by atoms with E-state index >= 15 is 0 Å². The Hall–Kier alpha value is -3.98. The van der Waals surface area contributed by atoms with Gasteiger partial charge in [0.25, 0.3) is 5.56 Å². The first-order chi connectivity index (χ1) is 18.4. The van der Waals surface area contributed by atoms with Gasteiger partial charge in [-0.2, -0.15) is 10.2 Å². The van der Waals surface area contributed by atoms with Crippen molar-refractivity contribution in [2.75, 3.05) is 13.2 Å². The standard InChI is InChI=1S/C28H26ClN5O4/c1-16-9-25(32-30-13-16)22-11-24-23(12-26(22)38-21-7-8-33-20(10-21)15-37-28(33)36)27(35)34(17(2)31-24)14-18-3-5-19(29)6-4-18/h3-6,9,11-13,20-21H,7-8,10,14-15H2,1-2H3/t20-,21-/m0/s1. The molecule has 6 rings (SSSR count). The van der Waals surface area contributed by atoms with E-state index < -0.39 is 0 Å². The van der Waals surface area contributed by atoms with Gasteiger partial charge < -0.3 is 14.4 Å². The van der Waals surface area contributed by atoms with Crippen LogP contribution in [0.2, 0.25) is 5.02 Å². The van der Waals surface area contributed by atoms with Gasteiger partial charge in [-0.25, -0.2) is 9.78 Å². The molecule has 0 radical (unpaired) electrons. The van der Waals surface area contributed by atoms with E-state index in [1.165, 1.54) is 0 Å². The molecule has 2 saturated heterocycles. The normalized spacial score (nSPS) is 18.9. The molecule has 2 aliphatic rings. The van der Waals surface area contributed by atoms with Crippen LogP contribution in [-0.2, 0) is 11.3 Å². The number of piperidine rings is 1. The lowest BCUT2D eigenvalue weighted by Gasteiger charge is -2.33. The SMILES string of the molecule is Cc1cnnc(-c2cc3nc(C)n(Cc4ccc(Cl)cc4)c(=O)c3cc2O[C@H]2CCN3C(=O)OC[C@@H]3C2)c1. The Balaban J connectivity index is 1.42. The molecule has 0 N–H and O–H groups in total. The molecule has 2 aromatic heterocycles. The molecule has 2 atom stereocenters. The van der Waals surface area contributed by atoms with E-state index in [-0.39, 0.29) is 23.8 Å². The monoisotopic (exact) mass is 531 g/mol. The molecule has 2 fully saturated rings. The molecule has 4 heterocycles. The summed E-state index contributed by atoms with van der Waals surface area (Å²) in [5.74, 6) is 1.15. The molecule has 1 amide bonds. The number of hydrogen-bond acceptors (Lipinski definition) is 7. The molecule has 2 aliphatic heterocycles. The van der Waals surface area contributed by atoms with Crippen LogP contribution in [0.3, 0.4) is 0 Å². The van der Waals surface area contributed by atoms with Crippen molar-refractivity contribution in [1.82, 2.24) is 24.6 Å². The fourth-order valence-corrected chi connectivity index (χ4v) is 5.29. The smallest absolute Gasteiger partial charge is 0.410 e. The minimum Gasteiger partial charge on any atom is -0.490 e. The van der Waals surface area contributed by atoms with Crippen LogP contribution in [0.4, 0.5) is 4.79 Å². The number of hydrogen-bond donors (Lipinski definition) is 0. The van der Waals surface area contributed by atoms with E-state index in [1.54, 1.807) is 33.9 Å². The molecule has 38 heavy (non-hydrogen) atoms. The Bertz CT molecular complexity index is 1600. The van der Waals surface area contributed by atoms with Gasteiger partial charge in [-0.1, -0.05) is 23.7 Å². The summed E-state index contributed by atoms with van der Waals surface area (Å²) in [7, 11) is 0. The number of carbonyl (C=O) groups is 1. The molecule has 2 aromatic carbocycles. The Morgan fingerprint density at radius 1 is 1.13 bits per heavy atom. The summed E-state index contributed by atoms with van der Waals surface area (Å²) >= 11 is 6.03. The fourth-order valence-electron chi connectivity index (χ4n) is 5.16. The average Bonchev–Trinajstić information content (AvgIpc) is 3.27. The zero-order valence-corrected chi connectivity index (χ0v) is 21.8. The molecular weight excluding hydrogens is 506 g/mol. The summed E-state index contributed by atoms with van der Waals surface area (Å²) in [4.78, 5) is 32.2. The van der Waals surface area contributed by atoms with Crippen molar-refractivity contribution in [3.05, 3.63) is 81.0 Å². The number of halogens is 1. The third-order valence-electron chi connectivity index (χ3n) is 7.16. The van der Waals surface area contributed by atoms with E-state index in [1.807, 2.05) is 38.1 Å². The van der Waals surface area contributed by atoms with Crippen molar-refractivity contribution >= 4 is 28.6 Å². The zero-order valence-electron chi connectivity index (χ0n) is 21.1. The molecule has 0 bridgehead atoms. The van der Waals surface area contributed by atoms with Gasteiger partial charge in [0.15, 0.2) is 0 Å².